The molecule has 0 spiro atoms. The lowest BCUT2D eigenvalue weighted by Crippen LogP contribution is -2.16. The van der Waals surface area contributed by atoms with Crippen molar-refractivity contribution < 1.29 is 18.0 Å². The van der Waals surface area contributed by atoms with Gasteiger partial charge in [0.25, 0.3) is 5.91 Å². The van der Waals surface area contributed by atoms with E-state index in [1.165, 1.54) is 0 Å². The molecule has 0 atom stereocenters. The number of carbonyl (C=O) groups excluding carboxylic acids is 1. The molecule has 2 aromatic rings. The minimum Gasteiger partial charge on any atom is -0.395 e. The third-order valence-corrected chi connectivity index (χ3v) is 2.69. The molecule has 0 aliphatic rings. The summed E-state index contributed by atoms with van der Waals surface area (Å²) in [5.74, 6) is -4.63. The number of aromatic amines is 1. The van der Waals surface area contributed by atoms with Crippen molar-refractivity contribution in [3.05, 3.63) is 41.0 Å². The van der Waals surface area contributed by atoms with Gasteiger partial charge in [0, 0.05) is 12.1 Å². The van der Waals surface area contributed by atoms with E-state index in [-0.39, 0.29) is 11.4 Å². The Labute approximate surface area is 112 Å². The van der Waals surface area contributed by atoms with Gasteiger partial charge in [0.2, 0.25) is 0 Å². The van der Waals surface area contributed by atoms with Gasteiger partial charge in [-0.05, 0) is 6.42 Å². The van der Waals surface area contributed by atoms with Gasteiger partial charge < -0.3 is 11.1 Å². The highest BCUT2D eigenvalue weighted by Gasteiger charge is 2.19. The number of nitrogen functional groups attached to an aromatic ring is 1. The van der Waals surface area contributed by atoms with Crippen LogP contribution in [-0.2, 0) is 6.42 Å². The standard InChI is InChI=1S/C12H11F3N4O/c1-2-7-10(16)11(19-18-7)12(20)17-8-4-5(13)3-6(14)9(8)15/h3-4H,2,16H2,1H3,(H,17,20)(H,18,19). The Morgan fingerprint density at radius 3 is 2.70 bits per heavy atom. The van der Waals surface area contributed by atoms with Crippen LogP contribution in [0.25, 0.3) is 0 Å². The topological polar surface area (TPSA) is 83.8 Å². The number of H-pyrrole nitrogens is 1. The number of anilines is 2. The first-order valence-electron chi connectivity index (χ1n) is 5.72. The SMILES string of the molecule is CCc1[nH]nc(C(=O)Nc2cc(F)cc(F)c2F)c1N. The fraction of sp³-hybridized carbons (Fsp3) is 0.167. The summed E-state index contributed by atoms with van der Waals surface area (Å²) in [6.07, 6.45) is 0.523. The van der Waals surface area contributed by atoms with Crippen molar-refractivity contribution in [1.82, 2.24) is 10.2 Å². The number of nitrogens with zero attached hydrogens (tertiary/aromatic N) is 1. The molecule has 0 saturated heterocycles. The van der Waals surface area contributed by atoms with Gasteiger partial charge in [-0.1, -0.05) is 6.92 Å². The van der Waals surface area contributed by atoms with Gasteiger partial charge in [-0.3, -0.25) is 9.89 Å². The number of nitrogens with one attached hydrogen (secondary N) is 2. The minimum absolute atomic E-state index is 0.113. The highest BCUT2D eigenvalue weighted by molar-refractivity contribution is 6.06. The van der Waals surface area contributed by atoms with Gasteiger partial charge in [0.15, 0.2) is 17.3 Å². The van der Waals surface area contributed by atoms with E-state index in [1.54, 1.807) is 6.92 Å². The first kappa shape index (κ1) is 13.9. The van der Waals surface area contributed by atoms with Gasteiger partial charge in [-0.2, -0.15) is 5.10 Å². The van der Waals surface area contributed by atoms with Crippen molar-refractivity contribution in [3.63, 3.8) is 0 Å². The zero-order valence-electron chi connectivity index (χ0n) is 10.4. The lowest BCUT2D eigenvalue weighted by Gasteiger charge is -2.06. The Hall–Kier alpha value is -2.51. The maximum Gasteiger partial charge on any atom is 0.278 e. The van der Waals surface area contributed by atoms with Crippen LogP contribution in [-0.4, -0.2) is 16.1 Å². The molecule has 4 N–H and O–H groups in total. The lowest BCUT2D eigenvalue weighted by atomic mass is 10.2. The maximum atomic E-state index is 13.4. The molecule has 1 aromatic carbocycles. The molecular formula is C12H11F3N4O. The molecule has 0 aliphatic carbocycles. The normalized spacial score (nSPS) is 10.6. The van der Waals surface area contributed by atoms with Crippen LogP contribution in [0.4, 0.5) is 24.5 Å². The number of hydrogen-bond acceptors (Lipinski definition) is 3. The van der Waals surface area contributed by atoms with Crippen LogP contribution in [0.1, 0.15) is 23.1 Å². The molecule has 0 saturated carbocycles. The summed E-state index contributed by atoms with van der Waals surface area (Å²) in [6, 6.07) is 1.04. The molecule has 0 fully saturated rings. The molecule has 1 amide bonds. The smallest absolute Gasteiger partial charge is 0.278 e. The van der Waals surface area contributed by atoms with E-state index in [2.05, 4.69) is 10.2 Å². The van der Waals surface area contributed by atoms with E-state index >= 15 is 0 Å². The first-order valence-corrected chi connectivity index (χ1v) is 5.72. The third kappa shape index (κ3) is 2.44. The van der Waals surface area contributed by atoms with E-state index in [4.69, 9.17) is 5.73 Å². The summed E-state index contributed by atoms with van der Waals surface area (Å²) >= 11 is 0. The van der Waals surface area contributed by atoms with Crippen LogP contribution < -0.4 is 11.1 Å². The van der Waals surface area contributed by atoms with E-state index in [0.717, 1.165) is 0 Å². The van der Waals surface area contributed by atoms with Crippen LogP contribution in [0.3, 0.4) is 0 Å². The number of hydrogen-bond donors (Lipinski definition) is 3. The zero-order valence-corrected chi connectivity index (χ0v) is 10.4. The first-order chi connectivity index (χ1) is 9.43. The summed E-state index contributed by atoms with van der Waals surface area (Å²) in [7, 11) is 0. The van der Waals surface area contributed by atoms with Crippen LogP contribution in [0.15, 0.2) is 12.1 Å². The quantitative estimate of drug-likeness (QED) is 0.756. The second kappa shape index (κ2) is 5.24. The van der Waals surface area contributed by atoms with E-state index in [1.807, 2.05) is 5.32 Å². The molecule has 0 aliphatic heterocycles. The zero-order chi connectivity index (χ0) is 14.9. The Bertz CT molecular complexity index is 669. The third-order valence-electron chi connectivity index (χ3n) is 2.69. The number of aryl methyl sites for hydroxylation is 1. The van der Waals surface area contributed by atoms with Gasteiger partial charge in [0.05, 0.1) is 17.1 Å². The van der Waals surface area contributed by atoms with Crippen molar-refractivity contribution in [3.8, 4) is 0 Å². The minimum atomic E-state index is -1.40. The highest BCUT2D eigenvalue weighted by atomic mass is 19.2. The van der Waals surface area contributed by atoms with Crippen LogP contribution >= 0.6 is 0 Å². The number of rotatable bonds is 3. The van der Waals surface area contributed by atoms with Gasteiger partial charge in [0.1, 0.15) is 5.82 Å². The lowest BCUT2D eigenvalue weighted by molar-refractivity contribution is 0.102. The number of amides is 1. The van der Waals surface area contributed by atoms with E-state index < -0.39 is 29.0 Å². The average Bonchev–Trinajstić information content (AvgIpc) is 2.76. The molecule has 106 valence electrons. The molecule has 0 radical (unpaired) electrons. The van der Waals surface area contributed by atoms with Gasteiger partial charge in [-0.25, -0.2) is 13.2 Å². The molecule has 1 aromatic heterocycles. The molecule has 2 rings (SSSR count). The number of aromatic nitrogens is 2. The highest BCUT2D eigenvalue weighted by Crippen LogP contribution is 2.21. The van der Waals surface area contributed by atoms with Gasteiger partial charge in [-0.15, -0.1) is 0 Å². The summed E-state index contributed by atoms with van der Waals surface area (Å²) in [4.78, 5) is 11.9. The number of benzene rings is 1. The summed E-state index contributed by atoms with van der Waals surface area (Å²) in [5, 5.41) is 8.27. The second-order valence-corrected chi connectivity index (χ2v) is 4.02. The predicted octanol–water partition coefficient (Wildman–Crippen LogP) is 2.22. The summed E-state index contributed by atoms with van der Waals surface area (Å²) < 4.78 is 39.4. The Balaban J connectivity index is 2.30. The fourth-order valence-electron chi connectivity index (χ4n) is 1.66. The predicted molar refractivity (Wildman–Crippen MR) is 66.6 cm³/mol. The van der Waals surface area contributed by atoms with Crippen LogP contribution in [0.2, 0.25) is 0 Å². The van der Waals surface area contributed by atoms with E-state index in [0.29, 0.717) is 24.2 Å². The van der Waals surface area contributed by atoms with Crippen molar-refractivity contribution in [2.75, 3.05) is 11.1 Å². The van der Waals surface area contributed by atoms with Crippen LogP contribution in [0, 0.1) is 17.5 Å². The Kier molecular flexibility index (Phi) is 3.64. The number of carbonyl (C=O) groups is 1. The number of nitrogens with two attached hydrogens (primary N) is 1. The van der Waals surface area contributed by atoms with E-state index in [9.17, 15) is 18.0 Å². The van der Waals surface area contributed by atoms with Gasteiger partial charge >= 0.3 is 0 Å². The largest absolute Gasteiger partial charge is 0.395 e. The summed E-state index contributed by atoms with van der Waals surface area (Å²) in [6.45, 7) is 1.80. The maximum absolute atomic E-state index is 13.4. The van der Waals surface area contributed by atoms with Crippen LogP contribution in [0.5, 0.6) is 0 Å². The molecule has 0 bridgehead atoms. The molecule has 0 unspecified atom stereocenters. The average molecular weight is 284 g/mol. The Morgan fingerprint density at radius 2 is 2.10 bits per heavy atom. The molecule has 20 heavy (non-hydrogen) atoms. The monoisotopic (exact) mass is 284 g/mol. The van der Waals surface area contributed by atoms with Crippen molar-refractivity contribution in [2.24, 2.45) is 0 Å². The Morgan fingerprint density at radius 1 is 1.40 bits per heavy atom. The molecule has 8 heteroatoms. The molecular weight excluding hydrogens is 273 g/mol. The summed E-state index contributed by atoms with van der Waals surface area (Å²) in [5.41, 5.74) is 5.55. The fourth-order valence-corrected chi connectivity index (χ4v) is 1.66. The second-order valence-electron chi connectivity index (χ2n) is 4.02. The molecule has 5 nitrogen and oxygen atoms in total. The van der Waals surface area contributed by atoms with Crippen molar-refractivity contribution in [1.29, 1.82) is 0 Å². The van der Waals surface area contributed by atoms with Crippen molar-refractivity contribution in [2.45, 2.75) is 13.3 Å². The van der Waals surface area contributed by atoms with Crippen molar-refractivity contribution >= 4 is 17.3 Å². The number of halogens is 3. The molecule has 1 heterocycles.